The summed E-state index contributed by atoms with van der Waals surface area (Å²) in [5.74, 6) is 0. The van der Waals surface area contributed by atoms with Crippen molar-refractivity contribution in [2.24, 2.45) is 0 Å². The Bertz CT molecular complexity index is 3450. The fraction of sp³-hybridized carbons (Fsp3) is 0.0545. The summed E-state index contributed by atoms with van der Waals surface area (Å²) in [6, 6.07) is 72.0. The van der Waals surface area contributed by atoms with Crippen LogP contribution in [0.25, 0.3) is 54.8 Å². The molecule has 0 unspecified atom stereocenters. The first-order valence-electron chi connectivity index (χ1n) is 20.8. The molecule has 2 nitrogen and oxygen atoms in total. The highest BCUT2D eigenvalue weighted by Gasteiger charge is 2.53. The van der Waals surface area contributed by atoms with Crippen LogP contribution in [0.15, 0.2) is 208 Å². The van der Waals surface area contributed by atoms with Crippen LogP contribution < -0.4 is 15.8 Å². The minimum atomic E-state index is -1.95. The van der Waals surface area contributed by atoms with Crippen molar-refractivity contribution >= 4 is 77.4 Å². The average molecular weight is 769 g/mol. The third-order valence-electron chi connectivity index (χ3n) is 14.1. The molecule has 9 aromatic carbocycles. The maximum atomic E-state index is 2.75. The number of fused-ring (bicyclic) bond motifs is 14. The highest BCUT2D eigenvalue weighted by Crippen LogP contribution is 2.80. The Balaban J connectivity index is 1.22. The number of anilines is 3. The molecular weight excluding hydrogens is 731 g/mol. The van der Waals surface area contributed by atoms with Gasteiger partial charge in [-0.25, -0.2) is 0 Å². The van der Waals surface area contributed by atoms with Crippen LogP contribution in [0.5, 0.6) is 0 Å². The van der Waals surface area contributed by atoms with E-state index < -0.39 is 10.0 Å². The first-order chi connectivity index (χ1) is 29.1. The third kappa shape index (κ3) is 3.74. The summed E-state index contributed by atoms with van der Waals surface area (Å²) in [7, 11) is -1.95. The summed E-state index contributed by atoms with van der Waals surface area (Å²) in [5.41, 5.74) is 17.4. The van der Waals surface area contributed by atoms with Crippen LogP contribution in [0, 0.1) is 0 Å². The number of nitrogens with zero attached hydrogens (tertiary/aromatic N) is 2. The van der Waals surface area contributed by atoms with Gasteiger partial charge in [-0.15, -0.1) is 10.0 Å². The quantitative estimate of drug-likeness (QED) is 0.159. The first-order valence-corrected chi connectivity index (χ1v) is 22.4. The van der Waals surface area contributed by atoms with Gasteiger partial charge >= 0.3 is 6.85 Å². The lowest BCUT2D eigenvalue weighted by Crippen LogP contribution is -2.58. The molecule has 0 bridgehead atoms. The number of para-hydroxylation sites is 3. The van der Waals surface area contributed by atoms with Gasteiger partial charge in [0, 0.05) is 58.1 Å². The molecule has 276 valence electrons. The molecule has 4 heteroatoms. The predicted molar refractivity (Wildman–Crippen MR) is 249 cm³/mol. The molecule has 0 amide bonds. The van der Waals surface area contributed by atoms with E-state index in [4.69, 9.17) is 0 Å². The van der Waals surface area contributed by atoms with Crippen molar-refractivity contribution in [3.05, 3.63) is 199 Å². The van der Waals surface area contributed by atoms with Crippen molar-refractivity contribution in [2.75, 3.05) is 4.90 Å². The van der Waals surface area contributed by atoms with Crippen molar-refractivity contribution in [2.45, 2.75) is 38.8 Å². The summed E-state index contributed by atoms with van der Waals surface area (Å²) in [5, 5.41) is 5.19. The normalized spacial score (nSPS) is 16.0. The van der Waals surface area contributed by atoms with Crippen LogP contribution in [0.4, 0.5) is 17.1 Å². The van der Waals surface area contributed by atoms with Gasteiger partial charge in [0.15, 0.2) is 0 Å². The summed E-state index contributed by atoms with van der Waals surface area (Å²) >= 11 is 0. The fourth-order valence-corrected chi connectivity index (χ4v) is 16.1. The Morgan fingerprint density at radius 3 is 1.93 bits per heavy atom. The highest BCUT2D eigenvalue weighted by atomic mass is 32.3. The van der Waals surface area contributed by atoms with Gasteiger partial charge in [-0.05, 0) is 110 Å². The minimum absolute atomic E-state index is 0.0408. The van der Waals surface area contributed by atoms with Crippen LogP contribution in [0.3, 0.4) is 0 Å². The molecule has 0 saturated carbocycles. The molecule has 3 aliphatic heterocycles. The second-order valence-electron chi connectivity index (χ2n) is 17.2. The monoisotopic (exact) mass is 768 g/mol. The molecule has 0 spiro atoms. The zero-order valence-electron chi connectivity index (χ0n) is 32.8. The molecule has 0 fully saturated rings. The van der Waals surface area contributed by atoms with Gasteiger partial charge in [0.25, 0.3) is 0 Å². The van der Waals surface area contributed by atoms with Gasteiger partial charge in [-0.1, -0.05) is 141 Å². The maximum absolute atomic E-state index is 2.75. The van der Waals surface area contributed by atoms with E-state index in [0.717, 1.165) is 0 Å². The minimum Gasteiger partial charge on any atom is -0.375 e. The average Bonchev–Trinajstić information content (AvgIpc) is 3.73. The molecule has 4 aliphatic rings. The molecular formula is C55H37BN2S. The number of hydrogen-bond donors (Lipinski definition) is 0. The molecule has 1 aromatic heterocycles. The lowest BCUT2D eigenvalue weighted by atomic mass is 9.44. The van der Waals surface area contributed by atoms with Crippen molar-refractivity contribution < 1.29 is 0 Å². The number of aromatic nitrogens is 1. The number of benzene rings is 9. The van der Waals surface area contributed by atoms with Crippen molar-refractivity contribution in [1.82, 2.24) is 4.48 Å². The fourth-order valence-electron chi connectivity index (χ4n) is 11.9. The second kappa shape index (κ2) is 11.0. The Morgan fingerprint density at radius 1 is 0.492 bits per heavy atom. The van der Waals surface area contributed by atoms with E-state index in [-0.39, 0.29) is 12.3 Å². The van der Waals surface area contributed by atoms with Crippen LogP contribution in [-0.4, -0.2) is 11.3 Å². The lowest BCUT2D eigenvalue weighted by Gasteiger charge is -2.53. The topological polar surface area (TPSA) is 8.17 Å². The Morgan fingerprint density at radius 2 is 1.14 bits per heavy atom. The Kier molecular flexibility index (Phi) is 6.04. The predicted octanol–water partition coefficient (Wildman–Crippen LogP) is 13.3. The molecule has 0 radical (unpaired) electrons. The van der Waals surface area contributed by atoms with E-state index >= 15 is 0 Å². The Labute approximate surface area is 345 Å². The molecule has 14 rings (SSSR count). The zero-order valence-corrected chi connectivity index (χ0v) is 33.6. The molecule has 0 N–H and O–H groups in total. The van der Waals surface area contributed by atoms with Crippen LogP contribution in [0.1, 0.15) is 25.0 Å². The van der Waals surface area contributed by atoms with E-state index in [1.165, 1.54) is 114 Å². The van der Waals surface area contributed by atoms with Gasteiger partial charge in [-0.3, -0.25) is 0 Å². The second-order valence-corrected chi connectivity index (χ2v) is 20.3. The standard InChI is InChI=1S/C55H37BN2S/c1-55(2)44-26-12-11-23-38(44)42-33-43-40-25-15-24-39-41-31-34-17-9-10-18-35(34)32-47(41)58(52(39)40)56-45-27-16-30-49-53(45)57(54(50(42)55)51(43)56)46-28-13-14-29-48(46)59(49,36-19-5-3-6-20-36)37-21-7-4-8-22-37/h3-33H,1-2H3. The highest BCUT2D eigenvalue weighted by molar-refractivity contribution is 8.34. The van der Waals surface area contributed by atoms with Gasteiger partial charge in [0.05, 0.1) is 11.4 Å². The molecule has 59 heavy (non-hydrogen) atoms. The summed E-state index contributed by atoms with van der Waals surface area (Å²) in [6.07, 6.45) is 0. The molecule has 0 saturated heterocycles. The lowest BCUT2D eigenvalue weighted by molar-refractivity contribution is 0.661. The van der Waals surface area contributed by atoms with E-state index in [1.54, 1.807) is 0 Å². The largest absolute Gasteiger partial charge is 0.375 e. The van der Waals surface area contributed by atoms with Crippen molar-refractivity contribution in [3.8, 4) is 22.3 Å². The molecule has 0 atom stereocenters. The SMILES string of the molecule is CC1(C)c2ccccc2-c2cc3c4c(c21)N1c2ccccc2S(c2ccccc2)(c2ccccc2)c2cccc(c21)B4n1c2cc4ccccc4cc2c2cccc-3c21. The Hall–Kier alpha value is -6.75. The van der Waals surface area contributed by atoms with Gasteiger partial charge in [0.2, 0.25) is 0 Å². The first kappa shape index (κ1) is 32.2. The third-order valence-corrected chi connectivity index (χ3v) is 18.1. The molecule has 1 aliphatic carbocycles. The number of hydrogen-bond acceptors (Lipinski definition) is 1. The maximum Gasteiger partial charge on any atom is 0.333 e. The van der Waals surface area contributed by atoms with Crippen molar-refractivity contribution in [3.63, 3.8) is 0 Å². The molecule has 10 aromatic rings. The summed E-state index contributed by atoms with van der Waals surface area (Å²) in [6.45, 7) is 4.88. The van der Waals surface area contributed by atoms with Crippen LogP contribution >= 0.6 is 10.0 Å². The van der Waals surface area contributed by atoms with Crippen LogP contribution in [-0.2, 0) is 5.41 Å². The van der Waals surface area contributed by atoms with E-state index in [1.807, 2.05) is 0 Å². The van der Waals surface area contributed by atoms with Gasteiger partial charge in [0.1, 0.15) is 0 Å². The van der Waals surface area contributed by atoms with Crippen molar-refractivity contribution in [1.29, 1.82) is 0 Å². The van der Waals surface area contributed by atoms with Crippen LogP contribution in [0.2, 0.25) is 0 Å². The van der Waals surface area contributed by atoms with E-state index in [2.05, 4.69) is 211 Å². The smallest absolute Gasteiger partial charge is 0.333 e. The van der Waals surface area contributed by atoms with E-state index in [9.17, 15) is 0 Å². The zero-order chi connectivity index (χ0) is 38.8. The van der Waals surface area contributed by atoms with Gasteiger partial charge < -0.3 is 9.38 Å². The number of rotatable bonds is 2. The van der Waals surface area contributed by atoms with Gasteiger partial charge in [-0.2, -0.15) is 0 Å². The summed E-state index contributed by atoms with van der Waals surface area (Å²) in [4.78, 5) is 8.25. The molecule has 4 heterocycles. The summed E-state index contributed by atoms with van der Waals surface area (Å²) < 4.78 is 2.75. The van der Waals surface area contributed by atoms with E-state index in [0.29, 0.717) is 0 Å².